The van der Waals surface area contributed by atoms with E-state index in [1.165, 1.54) is 18.2 Å². The Kier molecular flexibility index (Phi) is 4.19. The third kappa shape index (κ3) is 3.30. The van der Waals surface area contributed by atoms with Gasteiger partial charge in [-0.25, -0.2) is 0 Å². The standard InChI is InChI=1S/C8H14N4O3/c1-12(4-6(13)5-15-2)8(14)7-3-9-11-10-7/h3,6,13H,4-5H2,1-2H3,(H,9,10,11). The molecule has 1 atom stereocenters. The molecule has 0 aliphatic heterocycles. The van der Waals surface area contributed by atoms with Gasteiger partial charge in [0.25, 0.3) is 5.91 Å². The van der Waals surface area contributed by atoms with Crippen LogP contribution < -0.4 is 0 Å². The molecule has 0 aliphatic carbocycles. The van der Waals surface area contributed by atoms with E-state index in [4.69, 9.17) is 4.74 Å². The second-order valence-corrected chi connectivity index (χ2v) is 3.15. The average molecular weight is 214 g/mol. The fraction of sp³-hybridized carbons (Fsp3) is 0.625. The van der Waals surface area contributed by atoms with Crippen molar-refractivity contribution in [1.29, 1.82) is 0 Å². The Balaban J connectivity index is 2.47. The van der Waals surface area contributed by atoms with Crippen molar-refractivity contribution in [3.63, 3.8) is 0 Å². The molecule has 0 bridgehead atoms. The lowest BCUT2D eigenvalue weighted by Gasteiger charge is -2.19. The van der Waals surface area contributed by atoms with Gasteiger partial charge in [0.15, 0.2) is 5.69 Å². The molecule has 0 spiro atoms. The van der Waals surface area contributed by atoms with Crippen molar-refractivity contribution in [2.45, 2.75) is 6.10 Å². The largest absolute Gasteiger partial charge is 0.389 e. The summed E-state index contributed by atoms with van der Waals surface area (Å²) < 4.78 is 4.75. The third-order valence-electron chi connectivity index (χ3n) is 1.82. The molecular weight excluding hydrogens is 200 g/mol. The molecule has 0 saturated carbocycles. The van der Waals surface area contributed by atoms with Gasteiger partial charge in [0, 0.05) is 20.7 Å². The minimum Gasteiger partial charge on any atom is -0.389 e. The Morgan fingerprint density at radius 1 is 1.80 bits per heavy atom. The second kappa shape index (κ2) is 5.42. The Hall–Kier alpha value is -1.47. The van der Waals surface area contributed by atoms with E-state index in [2.05, 4.69) is 15.4 Å². The molecule has 1 heterocycles. The summed E-state index contributed by atoms with van der Waals surface area (Å²) in [6.07, 6.45) is 0.637. The maximum absolute atomic E-state index is 11.6. The quantitative estimate of drug-likeness (QED) is 0.648. The number of aromatic nitrogens is 3. The first-order valence-electron chi connectivity index (χ1n) is 4.43. The third-order valence-corrected chi connectivity index (χ3v) is 1.82. The predicted octanol–water partition coefficient (Wildman–Crippen LogP) is -1.12. The molecule has 1 aromatic rings. The molecular formula is C8H14N4O3. The van der Waals surface area contributed by atoms with Crippen molar-refractivity contribution < 1.29 is 14.6 Å². The zero-order valence-electron chi connectivity index (χ0n) is 8.67. The Morgan fingerprint density at radius 3 is 3.07 bits per heavy atom. The number of methoxy groups -OCH3 is 1. The molecule has 15 heavy (non-hydrogen) atoms. The lowest BCUT2D eigenvalue weighted by molar-refractivity contribution is 0.0378. The summed E-state index contributed by atoms with van der Waals surface area (Å²) in [5, 5.41) is 18.9. The number of aliphatic hydroxyl groups excluding tert-OH is 1. The van der Waals surface area contributed by atoms with Crippen LogP contribution in [0.1, 0.15) is 10.5 Å². The minimum atomic E-state index is -0.698. The first-order chi connectivity index (χ1) is 7.15. The van der Waals surface area contributed by atoms with E-state index in [9.17, 15) is 9.90 Å². The molecule has 1 rings (SSSR count). The average Bonchev–Trinajstić information content (AvgIpc) is 2.69. The number of hydrogen-bond donors (Lipinski definition) is 2. The summed E-state index contributed by atoms with van der Waals surface area (Å²) in [7, 11) is 3.07. The Bertz CT molecular complexity index is 301. The number of ether oxygens (including phenoxy) is 1. The zero-order chi connectivity index (χ0) is 11.3. The van der Waals surface area contributed by atoms with E-state index in [0.29, 0.717) is 0 Å². The number of aromatic amines is 1. The van der Waals surface area contributed by atoms with Crippen molar-refractivity contribution in [3.8, 4) is 0 Å². The highest BCUT2D eigenvalue weighted by Gasteiger charge is 2.17. The molecule has 1 unspecified atom stereocenters. The van der Waals surface area contributed by atoms with Gasteiger partial charge in [0.2, 0.25) is 0 Å². The first kappa shape index (κ1) is 11.6. The SMILES string of the molecule is COCC(O)CN(C)C(=O)c1cn[nH]n1. The minimum absolute atomic E-state index is 0.191. The van der Waals surface area contributed by atoms with Gasteiger partial charge in [-0.05, 0) is 0 Å². The number of carbonyl (C=O) groups is 1. The highest BCUT2D eigenvalue weighted by molar-refractivity contribution is 5.91. The van der Waals surface area contributed by atoms with E-state index >= 15 is 0 Å². The van der Waals surface area contributed by atoms with Gasteiger partial charge in [-0.1, -0.05) is 0 Å². The summed E-state index contributed by atoms with van der Waals surface area (Å²) in [5.74, 6) is -0.293. The van der Waals surface area contributed by atoms with Crippen LogP contribution in [0.25, 0.3) is 0 Å². The lowest BCUT2D eigenvalue weighted by Crippen LogP contribution is -2.36. The van der Waals surface area contributed by atoms with Gasteiger partial charge in [-0.15, -0.1) is 0 Å². The van der Waals surface area contributed by atoms with Gasteiger partial charge < -0.3 is 14.7 Å². The molecule has 0 saturated heterocycles. The summed E-state index contributed by atoms with van der Waals surface area (Å²) in [4.78, 5) is 13.0. The van der Waals surface area contributed by atoms with Crippen LogP contribution in [0.4, 0.5) is 0 Å². The van der Waals surface area contributed by atoms with Crippen LogP contribution in [-0.4, -0.2) is 64.7 Å². The second-order valence-electron chi connectivity index (χ2n) is 3.15. The van der Waals surface area contributed by atoms with Gasteiger partial charge in [-0.3, -0.25) is 4.79 Å². The number of aliphatic hydroxyl groups is 1. The fourth-order valence-corrected chi connectivity index (χ4v) is 1.14. The van der Waals surface area contributed by atoms with Crippen LogP contribution in [0.15, 0.2) is 6.20 Å². The van der Waals surface area contributed by atoms with Gasteiger partial charge >= 0.3 is 0 Å². The number of nitrogens with zero attached hydrogens (tertiary/aromatic N) is 3. The van der Waals surface area contributed by atoms with Crippen LogP contribution in [0.2, 0.25) is 0 Å². The first-order valence-corrected chi connectivity index (χ1v) is 4.43. The van der Waals surface area contributed by atoms with E-state index in [1.807, 2.05) is 0 Å². The summed E-state index contributed by atoms with van der Waals surface area (Å²) >= 11 is 0. The molecule has 84 valence electrons. The van der Waals surface area contributed by atoms with Gasteiger partial charge in [0.1, 0.15) is 0 Å². The van der Waals surface area contributed by atoms with Gasteiger partial charge in [-0.2, -0.15) is 15.4 Å². The summed E-state index contributed by atoms with van der Waals surface area (Å²) in [6, 6.07) is 0. The van der Waals surface area contributed by atoms with E-state index in [0.717, 1.165) is 0 Å². The highest BCUT2D eigenvalue weighted by Crippen LogP contribution is 1.98. The summed E-state index contributed by atoms with van der Waals surface area (Å²) in [5.41, 5.74) is 0.224. The number of nitrogens with one attached hydrogen (secondary N) is 1. The van der Waals surface area contributed by atoms with Crippen LogP contribution in [0.5, 0.6) is 0 Å². The zero-order valence-corrected chi connectivity index (χ0v) is 8.67. The molecule has 2 N–H and O–H groups in total. The molecule has 0 aliphatic rings. The summed E-state index contributed by atoms with van der Waals surface area (Å²) in [6.45, 7) is 0.385. The Morgan fingerprint density at radius 2 is 2.53 bits per heavy atom. The van der Waals surface area contributed by atoms with Gasteiger partial charge in [0.05, 0.1) is 18.9 Å². The molecule has 0 radical (unpaired) electrons. The van der Waals surface area contributed by atoms with E-state index in [1.54, 1.807) is 7.05 Å². The van der Waals surface area contributed by atoms with E-state index in [-0.39, 0.29) is 24.8 Å². The smallest absolute Gasteiger partial charge is 0.275 e. The molecule has 7 heteroatoms. The lowest BCUT2D eigenvalue weighted by atomic mass is 10.3. The highest BCUT2D eigenvalue weighted by atomic mass is 16.5. The van der Waals surface area contributed by atoms with Crippen molar-refractivity contribution in [3.05, 3.63) is 11.9 Å². The molecule has 1 aromatic heterocycles. The van der Waals surface area contributed by atoms with Crippen molar-refractivity contribution in [1.82, 2.24) is 20.3 Å². The van der Waals surface area contributed by atoms with Crippen LogP contribution in [0.3, 0.4) is 0 Å². The fourth-order valence-electron chi connectivity index (χ4n) is 1.14. The van der Waals surface area contributed by atoms with Crippen LogP contribution >= 0.6 is 0 Å². The monoisotopic (exact) mass is 214 g/mol. The van der Waals surface area contributed by atoms with Crippen molar-refractivity contribution in [2.75, 3.05) is 27.3 Å². The number of hydrogen-bond acceptors (Lipinski definition) is 5. The maximum Gasteiger partial charge on any atom is 0.275 e. The molecule has 1 amide bonds. The number of H-pyrrole nitrogens is 1. The van der Waals surface area contributed by atoms with Crippen LogP contribution in [-0.2, 0) is 4.74 Å². The predicted molar refractivity (Wildman–Crippen MR) is 51.2 cm³/mol. The molecule has 7 nitrogen and oxygen atoms in total. The van der Waals surface area contributed by atoms with E-state index < -0.39 is 6.10 Å². The number of likely N-dealkylation sites (N-methyl/N-ethyl adjacent to an activating group) is 1. The molecule has 0 fully saturated rings. The van der Waals surface area contributed by atoms with Crippen molar-refractivity contribution >= 4 is 5.91 Å². The van der Waals surface area contributed by atoms with Crippen LogP contribution in [0, 0.1) is 0 Å². The van der Waals surface area contributed by atoms with Crippen molar-refractivity contribution in [2.24, 2.45) is 0 Å². The molecule has 0 aromatic carbocycles. The number of carbonyl (C=O) groups excluding carboxylic acids is 1. The Labute approximate surface area is 87.0 Å². The maximum atomic E-state index is 11.6. The number of rotatable bonds is 5. The normalized spacial score (nSPS) is 12.5. The topological polar surface area (TPSA) is 91.3 Å². The number of amides is 1.